The highest BCUT2D eigenvalue weighted by atomic mass is 35.5. The van der Waals surface area contributed by atoms with E-state index in [1.807, 2.05) is 19.9 Å². The van der Waals surface area contributed by atoms with Crippen molar-refractivity contribution in [2.24, 2.45) is 0 Å². The number of aromatic nitrogens is 2. The van der Waals surface area contributed by atoms with Gasteiger partial charge in [-0.25, -0.2) is 0 Å². The number of hydrogen-bond donors (Lipinski definition) is 1. The summed E-state index contributed by atoms with van der Waals surface area (Å²) in [5.74, 6) is -0.442. The first-order valence-electron chi connectivity index (χ1n) is 6.02. The van der Waals surface area contributed by atoms with E-state index in [4.69, 9.17) is 11.6 Å². The largest absolute Gasteiger partial charge is 0.380 e. The summed E-state index contributed by atoms with van der Waals surface area (Å²) in [7, 11) is 0. The van der Waals surface area contributed by atoms with Crippen LogP contribution in [0.5, 0.6) is 0 Å². The minimum absolute atomic E-state index is 0.00516. The van der Waals surface area contributed by atoms with E-state index in [1.54, 1.807) is 24.3 Å². The summed E-state index contributed by atoms with van der Waals surface area (Å²) in [5, 5.41) is 14.5. The van der Waals surface area contributed by atoms with E-state index in [-0.39, 0.29) is 16.8 Å². The maximum Gasteiger partial charge on any atom is 0.215 e. The summed E-state index contributed by atoms with van der Waals surface area (Å²) >= 11 is 6.00. The number of aliphatic hydroxyl groups is 1. The minimum atomic E-state index is -1.23. The lowest BCUT2D eigenvalue weighted by atomic mass is 10.0. The lowest BCUT2D eigenvalue weighted by molar-refractivity contribution is 0.0734. The van der Waals surface area contributed by atoms with Crippen LogP contribution in [0.3, 0.4) is 0 Å². The zero-order chi connectivity index (χ0) is 14.0. The van der Waals surface area contributed by atoms with Crippen molar-refractivity contribution in [1.82, 2.24) is 9.78 Å². The predicted octanol–water partition coefficient (Wildman–Crippen LogP) is 3.03. The topological polar surface area (TPSA) is 55.1 Å². The van der Waals surface area contributed by atoms with Gasteiger partial charge >= 0.3 is 0 Å². The number of aliphatic hydroxyl groups excluding tert-OH is 1. The maximum absolute atomic E-state index is 12.4. The fourth-order valence-corrected chi connectivity index (χ4v) is 2.10. The number of rotatable bonds is 4. The Bertz CT molecular complexity index is 578. The van der Waals surface area contributed by atoms with Gasteiger partial charge in [0.1, 0.15) is 11.8 Å². The highest BCUT2D eigenvalue weighted by molar-refractivity contribution is 6.33. The third-order valence-corrected chi connectivity index (χ3v) is 3.11. The van der Waals surface area contributed by atoms with E-state index in [2.05, 4.69) is 5.10 Å². The summed E-state index contributed by atoms with van der Waals surface area (Å²) in [5.41, 5.74) is 0.785. The molecule has 2 aromatic rings. The molecule has 0 amide bonds. The molecule has 1 N–H and O–H groups in total. The van der Waals surface area contributed by atoms with Gasteiger partial charge in [-0.15, -0.1) is 0 Å². The molecule has 0 aliphatic carbocycles. The lowest BCUT2D eigenvalue weighted by Crippen LogP contribution is -2.19. The third-order valence-electron chi connectivity index (χ3n) is 2.84. The molecule has 1 aromatic carbocycles. The lowest BCUT2D eigenvalue weighted by Gasteiger charge is -2.14. The highest BCUT2D eigenvalue weighted by Crippen LogP contribution is 2.25. The predicted molar refractivity (Wildman–Crippen MR) is 73.4 cm³/mol. The Hall–Kier alpha value is -1.65. The molecule has 0 aliphatic rings. The molecule has 1 heterocycles. The van der Waals surface area contributed by atoms with Crippen LogP contribution in [0, 0.1) is 0 Å². The molecule has 0 bridgehead atoms. The van der Waals surface area contributed by atoms with Crippen LogP contribution in [-0.2, 0) is 0 Å². The molecule has 0 spiro atoms. The fourth-order valence-electron chi connectivity index (χ4n) is 1.88. The monoisotopic (exact) mass is 278 g/mol. The highest BCUT2D eigenvalue weighted by Gasteiger charge is 2.26. The van der Waals surface area contributed by atoms with Crippen LogP contribution in [0.1, 0.15) is 42.0 Å². The Morgan fingerprint density at radius 3 is 2.53 bits per heavy atom. The second-order valence-electron chi connectivity index (χ2n) is 4.56. The Morgan fingerprint density at radius 2 is 1.95 bits per heavy atom. The number of nitrogens with zero attached hydrogens (tertiary/aromatic N) is 2. The van der Waals surface area contributed by atoms with E-state index < -0.39 is 11.9 Å². The molecular weight excluding hydrogens is 264 g/mol. The van der Waals surface area contributed by atoms with Crippen molar-refractivity contribution >= 4 is 17.4 Å². The van der Waals surface area contributed by atoms with Gasteiger partial charge in [0.15, 0.2) is 0 Å². The van der Waals surface area contributed by atoms with E-state index in [1.165, 1.54) is 10.9 Å². The molecular formula is C14H15ClN2O2. The Labute approximate surface area is 116 Å². The number of ketones is 1. The summed E-state index contributed by atoms with van der Waals surface area (Å²) in [6, 6.07) is 8.76. The summed E-state index contributed by atoms with van der Waals surface area (Å²) in [6.45, 7) is 3.80. The van der Waals surface area contributed by atoms with Crippen LogP contribution >= 0.6 is 11.6 Å². The number of benzene rings is 1. The van der Waals surface area contributed by atoms with Crippen LogP contribution in [-0.4, -0.2) is 20.7 Å². The average molecular weight is 279 g/mol. The van der Waals surface area contributed by atoms with Gasteiger partial charge in [0, 0.05) is 6.04 Å². The van der Waals surface area contributed by atoms with Gasteiger partial charge in [-0.1, -0.05) is 41.9 Å². The van der Waals surface area contributed by atoms with Crippen LogP contribution in [0.2, 0.25) is 5.02 Å². The van der Waals surface area contributed by atoms with Gasteiger partial charge in [0.05, 0.1) is 11.2 Å². The summed E-state index contributed by atoms with van der Waals surface area (Å²) < 4.78 is 1.52. The molecule has 0 saturated carbocycles. The van der Waals surface area contributed by atoms with Crippen LogP contribution < -0.4 is 0 Å². The fraction of sp³-hybridized carbons (Fsp3) is 0.286. The van der Waals surface area contributed by atoms with Crippen LogP contribution in [0.25, 0.3) is 0 Å². The zero-order valence-corrected chi connectivity index (χ0v) is 11.5. The van der Waals surface area contributed by atoms with Crippen molar-refractivity contribution in [2.45, 2.75) is 26.0 Å². The molecule has 5 heteroatoms. The van der Waals surface area contributed by atoms with Crippen LogP contribution in [0.4, 0.5) is 0 Å². The first-order valence-corrected chi connectivity index (χ1v) is 6.40. The number of carbonyl (C=O) groups excluding carboxylic acids is 1. The zero-order valence-electron chi connectivity index (χ0n) is 10.7. The van der Waals surface area contributed by atoms with Crippen molar-refractivity contribution in [1.29, 1.82) is 0 Å². The molecule has 0 radical (unpaired) electrons. The molecule has 2 rings (SSSR count). The van der Waals surface area contributed by atoms with Gasteiger partial charge in [-0.2, -0.15) is 5.10 Å². The number of halogens is 1. The Balaban J connectivity index is 2.37. The second kappa shape index (κ2) is 5.55. The van der Waals surface area contributed by atoms with E-state index in [9.17, 15) is 9.90 Å². The van der Waals surface area contributed by atoms with E-state index in [0.717, 1.165) is 0 Å². The van der Waals surface area contributed by atoms with Crippen molar-refractivity contribution in [3.05, 3.63) is 52.8 Å². The Morgan fingerprint density at radius 1 is 1.32 bits per heavy atom. The van der Waals surface area contributed by atoms with Crippen molar-refractivity contribution in [2.75, 3.05) is 0 Å². The Kier molecular flexibility index (Phi) is 4.02. The molecule has 1 unspecified atom stereocenters. The standard InChI is InChI=1S/C14H15ClN2O2/c1-9(2)17-12(11(15)8-16-17)14(19)13(18)10-6-4-3-5-7-10/h3-9,13,18H,1-2H3. The second-order valence-corrected chi connectivity index (χ2v) is 4.96. The van der Waals surface area contributed by atoms with Gasteiger partial charge in [-0.3, -0.25) is 9.48 Å². The SMILES string of the molecule is CC(C)n1ncc(Cl)c1C(=O)C(O)c1ccccc1. The molecule has 0 aliphatic heterocycles. The van der Waals surface area contributed by atoms with Gasteiger partial charge in [-0.05, 0) is 19.4 Å². The van der Waals surface area contributed by atoms with Gasteiger partial charge in [0.25, 0.3) is 0 Å². The molecule has 19 heavy (non-hydrogen) atoms. The molecule has 4 nitrogen and oxygen atoms in total. The van der Waals surface area contributed by atoms with E-state index in [0.29, 0.717) is 5.56 Å². The van der Waals surface area contributed by atoms with Gasteiger partial charge < -0.3 is 5.11 Å². The molecule has 1 atom stereocenters. The van der Waals surface area contributed by atoms with E-state index >= 15 is 0 Å². The molecule has 1 aromatic heterocycles. The van der Waals surface area contributed by atoms with Crippen molar-refractivity contribution < 1.29 is 9.90 Å². The quantitative estimate of drug-likeness (QED) is 0.875. The van der Waals surface area contributed by atoms with Gasteiger partial charge in [0.2, 0.25) is 5.78 Å². The van der Waals surface area contributed by atoms with Crippen LogP contribution in [0.15, 0.2) is 36.5 Å². The normalized spacial score (nSPS) is 12.7. The minimum Gasteiger partial charge on any atom is -0.380 e. The number of Topliss-reactive ketones (excluding diaryl/α,β-unsaturated/α-hetero) is 1. The maximum atomic E-state index is 12.4. The summed E-state index contributed by atoms with van der Waals surface area (Å²) in [4.78, 5) is 12.4. The number of hydrogen-bond acceptors (Lipinski definition) is 3. The summed E-state index contributed by atoms with van der Waals surface area (Å²) in [6.07, 6.45) is 0.194. The smallest absolute Gasteiger partial charge is 0.215 e. The first kappa shape index (κ1) is 13.8. The van der Waals surface area contributed by atoms with Crippen molar-refractivity contribution in [3.63, 3.8) is 0 Å². The van der Waals surface area contributed by atoms with Crippen molar-refractivity contribution in [3.8, 4) is 0 Å². The molecule has 0 fully saturated rings. The average Bonchev–Trinajstić information content (AvgIpc) is 2.80. The molecule has 0 saturated heterocycles. The number of carbonyl (C=O) groups is 1. The first-order chi connectivity index (χ1) is 9.02. The third kappa shape index (κ3) is 2.69. The molecule has 100 valence electrons.